The minimum atomic E-state index is -3.08. The van der Waals surface area contributed by atoms with Crippen LogP contribution in [0.25, 0.3) is 0 Å². The van der Waals surface area contributed by atoms with Gasteiger partial charge >= 0.3 is 0 Å². The van der Waals surface area contributed by atoms with E-state index in [2.05, 4.69) is 10.4 Å². The standard InChI is InChI=1S/C11H19N3O3S/c1-3-6-18(16,17)7-5-14-11(15)8-10(9-13-14)12-4-2/h8-9,12H,3-7H2,1-2H3. The second-order valence-electron chi connectivity index (χ2n) is 3.99. The van der Waals surface area contributed by atoms with Crippen LogP contribution < -0.4 is 10.9 Å². The molecule has 102 valence electrons. The van der Waals surface area contributed by atoms with E-state index in [1.807, 2.05) is 13.8 Å². The Kier molecular flexibility index (Phi) is 5.33. The second kappa shape index (κ2) is 6.53. The fraction of sp³-hybridized carbons (Fsp3) is 0.636. The van der Waals surface area contributed by atoms with E-state index in [1.54, 1.807) is 0 Å². The zero-order chi connectivity index (χ0) is 13.6. The smallest absolute Gasteiger partial charge is 0.268 e. The normalized spacial score (nSPS) is 11.4. The lowest BCUT2D eigenvalue weighted by atomic mass is 10.4. The fourth-order valence-corrected chi connectivity index (χ4v) is 2.82. The predicted molar refractivity (Wildman–Crippen MR) is 71.6 cm³/mol. The van der Waals surface area contributed by atoms with Gasteiger partial charge in [-0.05, 0) is 13.3 Å². The molecule has 0 bridgehead atoms. The summed E-state index contributed by atoms with van der Waals surface area (Å²) in [5.41, 5.74) is 0.357. The molecule has 1 rings (SSSR count). The van der Waals surface area contributed by atoms with E-state index >= 15 is 0 Å². The van der Waals surface area contributed by atoms with Crippen LogP contribution in [0, 0.1) is 0 Å². The second-order valence-corrected chi connectivity index (χ2v) is 6.29. The number of rotatable bonds is 7. The van der Waals surface area contributed by atoms with E-state index in [9.17, 15) is 13.2 Å². The summed E-state index contributed by atoms with van der Waals surface area (Å²) in [6.45, 7) is 4.54. The Morgan fingerprint density at radius 2 is 2.06 bits per heavy atom. The van der Waals surface area contributed by atoms with Crippen LogP contribution in [0.2, 0.25) is 0 Å². The summed E-state index contributed by atoms with van der Waals surface area (Å²) in [5.74, 6) is 0.103. The van der Waals surface area contributed by atoms with E-state index in [0.717, 1.165) is 0 Å². The first-order valence-electron chi connectivity index (χ1n) is 6.00. The van der Waals surface area contributed by atoms with E-state index < -0.39 is 9.84 Å². The van der Waals surface area contributed by atoms with Crippen molar-refractivity contribution in [2.45, 2.75) is 26.8 Å². The van der Waals surface area contributed by atoms with Gasteiger partial charge in [0.15, 0.2) is 9.84 Å². The molecule has 18 heavy (non-hydrogen) atoms. The highest BCUT2D eigenvalue weighted by Crippen LogP contribution is 1.99. The topological polar surface area (TPSA) is 81.1 Å². The summed E-state index contributed by atoms with van der Waals surface area (Å²) in [6, 6.07) is 1.42. The van der Waals surface area contributed by atoms with Crippen molar-refractivity contribution in [2.24, 2.45) is 0 Å². The number of anilines is 1. The summed E-state index contributed by atoms with van der Waals surface area (Å²) >= 11 is 0. The molecule has 0 aromatic carbocycles. The van der Waals surface area contributed by atoms with Gasteiger partial charge in [0.25, 0.3) is 5.56 Å². The van der Waals surface area contributed by atoms with Gasteiger partial charge in [-0.3, -0.25) is 4.79 Å². The number of hydrogen-bond acceptors (Lipinski definition) is 5. The first kappa shape index (κ1) is 14.7. The first-order chi connectivity index (χ1) is 8.48. The molecule has 0 spiro atoms. The first-order valence-corrected chi connectivity index (χ1v) is 7.82. The van der Waals surface area contributed by atoms with Crippen molar-refractivity contribution in [3.05, 3.63) is 22.6 Å². The largest absolute Gasteiger partial charge is 0.384 e. The van der Waals surface area contributed by atoms with E-state index in [0.29, 0.717) is 18.7 Å². The molecule has 0 aliphatic carbocycles. The Bertz CT molecular complexity index is 537. The molecule has 0 radical (unpaired) electrons. The van der Waals surface area contributed by atoms with Crippen molar-refractivity contribution in [3.63, 3.8) is 0 Å². The van der Waals surface area contributed by atoms with Crippen molar-refractivity contribution < 1.29 is 8.42 Å². The zero-order valence-corrected chi connectivity index (χ0v) is 11.5. The van der Waals surface area contributed by atoms with Gasteiger partial charge in [-0.15, -0.1) is 0 Å². The minimum absolute atomic E-state index is 0.0473. The molecule has 0 saturated carbocycles. The van der Waals surface area contributed by atoms with Crippen molar-refractivity contribution >= 4 is 15.5 Å². The van der Waals surface area contributed by atoms with E-state index in [1.165, 1.54) is 16.9 Å². The van der Waals surface area contributed by atoms with Crippen LogP contribution in [0.5, 0.6) is 0 Å². The Morgan fingerprint density at radius 1 is 1.33 bits per heavy atom. The molecular weight excluding hydrogens is 254 g/mol. The molecule has 1 heterocycles. The molecule has 7 heteroatoms. The minimum Gasteiger partial charge on any atom is -0.384 e. The van der Waals surface area contributed by atoms with Crippen molar-refractivity contribution in [1.82, 2.24) is 9.78 Å². The van der Waals surface area contributed by atoms with Gasteiger partial charge in [-0.1, -0.05) is 6.92 Å². The molecular formula is C11H19N3O3S. The molecule has 1 N–H and O–H groups in total. The number of nitrogens with one attached hydrogen (secondary N) is 1. The predicted octanol–water partition coefficient (Wildman–Crippen LogP) is 0.500. The van der Waals surface area contributed by atoms with Crippen LogP contribution >= 0.6 is 0 Å². The highest BCUT2D eigenvalue weighted by molar-refractivity contribution is 7.91. The van der Waals surface area contributed by atoms with Gasteiger partial charge in [0.2, 0.25) is 0 Å². The molecule has 0 aliphatic heterocycles. The molecule has 0 amide bonds. The van der Waals surface area contributed by atoms with Crippen molar-refractivity contribution in [3.8, 4) is 0 Å². The lowest BCUT2D eigenvalue weighted by Gasteiger charge is -2.07. The maximum atomic E-state index is 11.7. The molecule has 0 atom stereocenters. The quantitative estimate of drug-likeness (QED) is 0.782. The summed E-state index contributed by atoms with van der Waals surface area (Å²) in [5, 5.41) is 6.91. The summed E-state index contributed by atoms with van der Waals surface area (Å²) in [6.07, 6.45) is 2.11. The van der Waals surface area contributed by atoms with Crippen LogP contribution in [-0.2, 0) is 16.4 Å². The number of sulfone groups is 1. The third-order valence-electron chi connectivity index (χ3n) is 2.38. The third-order valence-corrected chi connectivity index (χ3v) is 4.21. The van der Waals surface area contributed by atoms with Crippen molar-refractivity contribution in [1.29, 1.82) is 0 Å². The maximum Gasteiger partial charge on any atom is 0.268 e. The fourth-order valence-electron chi connectivity index (χ4n) is 1.54. The molecule has 1 aromatic rings. The van der Waals surface area contributed by atoms with Crippen LogP contribution in [0.3, 0.4) is 0 Å². The van der Waals surface area contributed by atoms with Gasteiger partial charge in [0.05, 0.1) is 24.2 Å². The zero-order valence-electron chi connectivity index (χ0n) is 10.7. The van der Waals surface area contributed by atoms with E-state index in [4.69, 9.17) is 0 Å². The maximum absolute atomic E-state index is 11.7. The van der Waals surface area contributed by atoms with Crippen LogP contribution in [0.4, 0.5) is 5.69 Å². The van der Waals surface area contributed by atoms with Crippen LogP contribution in [-0.4, -0.2) is 36.2 Å². The Hall–Kier alpha value is -1.37. The number of aryl methyl sites for hydroxylation is 1. The van der Waals surface area contributed by atoms with Gasteiger partial charge in [-0.25, -0.2) is 13.1 Å². The summed E-state index contributed by atoms with van der Waals surface area (Å²) in [4.78, 5) is 11.7. The number of aromatic nitrogens is 2. The lowest BCUT2D eigenvalue weighted by molar-refractivity contribution is 0.570. The number of nitrogens with zero attached hydrogens (tertiary/aromatic N) is 2. The molecule has 0 aliphatic rings. The van der Waals surface area contributed by atoms with Gasteiger partial charge in [0, 0.05) is 18.4 Å². The van der Waals surface area contributed by atoms with Gasteiger partial charge in [-0.2, -0.15) is 5.10 Å². The lowest BCUT2D eigenvalue weighted by Crippen LogP contribution is -2.26. The summed E-state index contributed by atoms with van der Waals surface area (Å²) in [7, 11) is -3.08. The molecule has 0 fully saturated rings. The SMILES string of the molecule is CCCS(=O)(=O)CCn1ncc(NCC)cc1=O. The average Bonchev–Trinajstić information content (AvgIpc) is 2.28. The van der Waals surface area contributed by atoms with Crippen molar-refractivity contribution in [2.75, 3.05) is 23.4 Å². The molecule has 1 aromatic heterocycles. The van der Waals surface area contributed by atoms with Crippen LogP contribution in [0.1, 0.15) is 20.3 Å². The molecule has 0 saturated heterocycles. The Morgan fingerprint density at radius 3 is 2.61 bits per heavy atom. The third kappa shape index (κ3) is 4.48. The summed E-state index contributed by atoms with van der Waals surface area (Å²) < 4.78 is 24.2. The van der Waals surface area contributed by atoms with Crippen LogP contribution in [0.15, 0.2) is 17.1 Å². The number of hydrogen-bond donors (Lipinski definition) is 1. The highest BCUT2D eigenvalue weighted by atomic mass is 32.2. The molecule has 6 nitrogen and oxygen atoms in total. The highest BCUT2D eigenvalue weighted by Gasteiger charge is 2.10. The average molecular weight is 273 g/mol. The van der Waals surface area contributed by atoms with Gasteiger partial charge < -0.3 is 5.32 Å². The Balaban J connectivity index is 2.72. The Labute approximate surface area is 107 Å². The van der Waals surface area contributed by atoms with E-state index in [-0.39, 0.29) is 23.6 Å². The molecule has 0 unspecified atom stereocenters. The monoisotopic (exact) mass is 273 g/mol. The van der Waals surface area contributed by atoms with Gasteiger partial charge in [0.1, 0.15) is 0 Å².